The summed E-state index contributed by atoms with van der Waals surface area (Å²) in [6.07, 6.45) is 2.97. The van der Waals surface area contributed by atoms with Crippen LogP contribution in [-0.2, 0) is 15.5 Å². The summed E-state index contributed by atoms with van der Waals surface area (Å²) in [6.45, 7) is 6.73. The minimum atomic E-state index is -1.28. The van der Waals surface area contributed by atoms with Gasteiger partial charge in [-0.3, -0.25) is 4.21 Å². The Labute approximate surface area is 145 Å². The van der Waals surface area contributed by atoms with E-state index in [4.69, 9.17) is 10.00 Å². The van der Waals surface area contributed by atoms with E-state index < -0.39 is 16.4 Å². The fraction of sp³-hybridized carbons (Fsp3) is 0.588. The van der Waals surface area contributed by atoms with E-state index in [-0.39, 0.29) is 12.0 Å². The first-order valence-corrected chi connectivity index (χ1v) is 9.33. The molecule has 0 radical (unpaired) electrons. The summed E-state index contributed by atoms with van der Waals surface area (Å²) >= 11 is 0. The molecule has 0 aromatic carbocycles. The zero-order valence-corrected chi connectivity index (χ0v) is 15.1. The second-order valence-electron chi connectivity index (χ2n) is 6.94. The van der Waals surface area contributed by atoms with Crippen molar-refractivity contribution in [3.63, 3.8) is 0 Å². The molecule has 1 amide bonds. The van der Waals surface area contributed by atoms with Gasteiger partial charge in [-0.05, 0) is 51.7 Å². The number of ether oxygens (including phenoxy) is 1. The van der Waals surface area contributed by atoms with E-state index in [0.717, 1.165) is 12.8 Å². The average Bonchev–Trinajstić information content (AvgIpc) is 2.53. The van der Waals surface area contributed by atoms with E-state index in [1.54, 1.807) is 17.0 Å². The van der Waals surface area contributed by atoms with Crippen LogP contribution in [0.1, 0.15) is 39.2 Å². The Kier molecular flexibility index (Phi) is 5.94. The lowest BCUT2D eigenvalue weighted by molar-refractivity contribution is 0.0176. The number of hydrogen-bond donors (Lipinski definition) is 0. The first-order chi connectivity index (χ1) is 11.3. The number of carbonyl (C=O) groups excluding carboxylic acids is 1. The van der Waals surface area contributed by atoms with Crippen molar-refractivity contribution in [2.75, 3.05) is 18.8 Å². The molecule has 2 heterocycles. The first kappa shape index (κ1) is 18.4. The molecule has 130 valence electrons. The molecule has 2 rings (SSSR count). The van der Waals surface area contributed by atoms with Crippen LogP contribution in [-0.4, -0.2) is 44.6 Å². The summed E-state index contributed by atoms with van der Waals surface area (Å²) in [5, 5.41) is 9.34. The van der Waals surface area contributed by atoms with Crippen molar-refractivity contribution in [1.82, 2.24) is 9.88 Å². The minimum Gasteiger partial charge on any atom is -0.444 e. The monoisotopic (exact) mass is 349 g/mol. The van der Waals surface area contributed by atoms with Crippen LogP contribution in [0.4, 0.5) is 4.79 Å². The number of nitriles is 1. The van der Waals surface area contributed by atoms with Crippen LogP contribution < -0.4 is 0 Å². The highest BCUT2D eigenvalue weighted by atomic mass is 32.2. The highest BCUT2D eigenvalue weighted by molar-refractivity contribution is 7.84. The van der Waals surface area contributed by atoms with Crippen molar-refractivity contribution in [3.8, 4) is 6.07 Å². The molecule has 1 aromatic rings. The fourth-order valence-electron chi connectivity index (χ4n) is 2.60. The van der Waals surface area contributed by atoms with Crippen LogP contribution in [0.15, 0.2) is 23.4 Å². The molecule has 0 spiro atoms. The maximum Gasteiger partial charge on any atom is 0.410 e. The number of carbonyl (C=O) groups is 1. The highest BCUT2D eigenvalue weighted by Crippen LogP contribution is 2.21. The van der Waals surface area contributed by atoms with E-state index in [1.165, 1.54) is 6.20 Å². The number of amides is 1. The lowest BCUT2D eigenvalue weighted by Crippen LogP contribution is -2.44. The molecule has 7 heteroatoms. The van der Waals surface area contributed by atoms with Gasteiger partial charge < -0.3 is 9.64 Å². The summed E-state index contributed by atoms with van der Waals surface area (Å²) in [4.78, 5) is 18.0. The molecular weight excluding hydrogens is 326 g/mol. The number of hydrogen-bond acceptors (Lipinski definition) is 5. The summed E-state index contributed by atoms with van der Waals surface area (Å²) in [7, 11) is -1.28. The molecule has 0 bridgehead atoms. The van der Waals surface area contributed by atoms with Gasteiger partial charge in [0.15, 0.2) is 0 Å². The van der Waals surface area contributed by atoms with E-state index in [1.807, 2.05) is 26.8 Å². The first-order valence-electron chi connectivity index (χ1n) is 8.01. The molecule has 2 atom stereocenters. The topological polar surface area (TPSA) is 83.3 Å². The number of rotatable bonds is 3. The zero-order chi connectivity index (χ0) is 17.7. The second-order valence-corrected chi connectivity index (χ2v) is 8.38. The normalized spacial score (nSPS) is 19.4. The van der Waals surface area contributed by atoms with Crippen molar-refractivity contribution in [1.29, 1.82) is 5.26 Å². The lowest BCUT2D eigenvalue weighted by Gasteiger charge is -2.33. The summed E-state index contributed by atoms with van der Waals surface area (Å²) in [5.74, 6) is 0.570. The van der Waals surface area contributed by atoms with Gasteiger partial charge in [-0.2, -0.15) is 5.26 Å². The Hall–Kier alpha value is -1.94. The third kappa shape index (κ3) is 5.31. The predicted octanol–water partition coefficient (Wildman–Crippen LogP) is 2.71. The molecule has 0 aliphatic carbocycles. The van der Waals surface area contributed by atoms with Crippen LogP contribution in [0.3, 0.4) is 0 Å². The predicted molar refractivity (Wildman–Crippen MR) is 90.8 cm³/mol. The van der Waals surface area contributed by atoms with Crippen molar-refractivity contribution in [3.05, 3.63) is 23.9 Å². The van der Waals surface area contributed by atoms with Crippen LogP contribution in [0.5, 0.6) is 0 Å². The van der Waals surface area contributed by atoms with Crippen LogP contribution >= 0.6 is 0 Å². The van der Waals surface area contributed by atoms with Gasteiger partial charge in [0.25, 0.3) is 0 Å². The molecule has 1 saturated heterocycles. The average molecular weight is 349 g/mol. The third-order valence-corrected chi connectivity index (χ3v) is 5.12. The number of aromatic nitrogens is 1. The van der Waals surface area contributed by atoms with Gasteiger partial charge in [0.1, 0.15) is 10.6 Å². The highest BCUT2D eigenvalue weighted by Gasteiger charge is 2.28. The molecule has 1 aliphatic rings. The molecule has 1 aromatic heterocycles. The maximum atomic E-state index is 12.5. The second kappa shape index (κ2) is 7.75. The van der Waals surface area contributed by atoms with Crippen molar-refractivity contribution >= 4 is 16.9 Å². The quantitative estimate of drug-likeness (QED) is 0.838. The molecule has 0 N–H and O–H groups in total. The van der Waals surface area contributed by atoms with E-state index in [2.05, 4.69) is 4.98 Å². The summed E-state index contributed by atoms with van der Waals surface area (Å²) in [6, 6.07) is 5.17. The number of pyridine rings is 1. The van der Waals surface area contributed by atoms with Crippen LogP contribution in [0.25, 0.3) is 0 Å². The SMILES string of the molecule is CC(C)(C)OC(=O)N1CCC[C@H](C[S@](=O)c2cc(C#N)ccn2)C1. The molecule has 6 nitrogen and oxygen atoms in total. The standard InChI is InChI=1S/C17H23N3O3S/c1-17(2,3)23-16(21)20-8-4-5-14(11-20)12-24(22)15-9-13(10-18)6-7-19-15/h6-7,9,14H,4-5,8,11-12H2,1-3H3/t14-,24-/m0/s1. The summed E-state index contributed by atoms with van der Waals surface area (Å²) < 4.78 is 17.9. The summed E-state index contributed by atoms with van der Waals surface area (Å²) in [5.41, 5.74) is -0.0681. The maximum absolute atomic E-state index is 12.5. The van der Waals surface area contributed by atoms with Gasteiger partial charge in [0, 0.05) is 25.0 Å². The molecule has 0 saturated carbocycles. The van der Waals surface area contributed by atoms with E-state index in [0.29, 0.717) is 29.4 Å². The number of likely N-dealkylation sites (tertiary alicyclic amines) is 1. The van der Waals surface area contributed by atoms with Crippen LogP contribution in [0, 0.1) is 17.2 Å². The Morgan fingerprint density at radius 1 is 1.54 bits per heavy atom. The van der Waals surface area contributed by atoms with E-state index >= 15 is 0 Å². The smallest absolute Gasteiger partial charge is 0.410 e. The molecule has 0 unspecified atom stereocenters. The molecule has 1 aliphatic heterocycles. The Bertz CT molecular complexity index is 664. The largest absolute Gasteiger partial charge is 0.444 e. The lowest BCUT2D eigenvalue weighted by atomic mass is 10.0. The van der Waals surface area contributed by atoms with Gasteiger partial charge in [-0.25, -0.2) is 9.78 Å². The van der Waals surface area contributed by atoms with Crippen molar-refractivity contribution in [2.45, 2.75) is 44.2 Å². The molecule has 24 heavy (non-hydrogen) atoms. The van der Waals surface area contributed by atoms with Crippen molar-refractivity contribution in [2.24, 2.45) is 5.92 Å². The number of piperidine rings is 1. The fourth-order valence-corrected chi connectivity index (χ4v) is 3.90. The van der Waals surface area contributed by atoms with Gasteiger partial charge in [0.05, 0.1) is 22.4 Å². The zero-order valence-electron chi connectivity index (χ0n) is 14.3. The van der Waals surface area contributed by atoms with Crippen LogP contribution in [0.2, 0.25) is 0 Å². The Morgan fingerprint density at radius 3 is 2.96 bits per heavy atom. The Balaban J connectivity index is 1.96. The Morgan fingerprint density at radius 2 is 2.29 bits per heavy atom. The minimum absolute atomic E-state index is 0.139. The third-order valence-electron chi connectivity index (χ3n) is 3.65. The number of nitrogens with zero attached hydrogens (tertiary/aromatic N) is 3. The van der Waals surface area contributed by atoms with Gasteiger partial charge in [-0.15, -0.1) is 0 Å². The van der Waals surface area contributed by atoms with E-state index in [9.17, 15) is 9.00 Å². The molecular formula is C17H23N3O3S. The van der Waals surface area contributed by atoms with Gasteiger partial charge >= 0.3 is 6.09 Å². The van der Waals surface area contributed by atoms with Crippen molar-refractivity contribution < 1.29 is 13.7 Å². The molecule has 1 fully saturated rings. The van der Waals surface area contributed by atoms with Gasteiger partial charge in [0.2, 0.25) is 0 Å². The van der Waals surface area contributed by atoms with Gasteiger partial charge in [-0.1, -0.05) is 0 Å².